The van der Waals surface area contributed by atoms with Gasteiger partial charge in [-0.2, -0.15) is 0 Å². The van der Waals surface area contributed by atoms with E-state index in [0.717, 1.165) is 135 Å². The Morgan fingerprint density at radius 2 is 0.733 bits per heavy atom. The second-order valence-electron chi connectivity index (χ2n) is 17.0. The van der Waals surface area contributed by atoms with Crippen molar-refractivity contribution in [3.05, 3.63) is 34.9 Å². The van der Waals surface area contributed by atoms with E-state index in [1.165, 1.54) is 32.1 Å². The number of aryl methyl sites for hydroxylation is 1. The van der Waals surface area contributed by atoms with E-state index >= 15 is 0 Å². The van der Waals surface area contributed by atoms with Gasteiger partial charge in [-0.3, -0.25) is 9.59 Å². The smallest absolute Gasteiger partial charge is 0.343 e. The molecule has 8 nitrogen and oxygen atoms in total. The minimum Gasteiger partial charge on any atom is -0.463 e. The number of ether oxygens (including phenoxy) is 4. The highest BCUT2D eigenvalue weighted by molar-refractivity contribution is 6.20. The second-order valence-corrected chi connectivity index (χ2v) is 17.0. The third kappa shape index (κ3) is 26.0. The van der Waals surface area contributed by atoms with Crippen LogP contribution in [0.15, 0.2) is 18.2 Å². The monoisotopic (exact) mass is 843 g/mol. The van der Waals surface area contributed by atoms with Crippen LogP contribution in [0.4, 0.5) is 0 Å². The fourth-order valence-electron chi connectivity index (χ4n) is 7.60. The van der Waals surface area contributed by atoms with Gasteiger partial charge in [-0.15, -0.1) is 0 Å². The fraction of sp³-hybridized carbons (Fsp3) is 0.808. The molecule has 0 spiro atoms. The van der Waals surface area contributed by atoms with Gasteiger partial charge in [0, 0.05) is 24.3 Å². The molecule has 0 aliphatic carbocycles. The predicted molar refractivity (Wildman–Crippen MR) is 247 cm³/mol. The first-order chi connectivity index (χ1) is 29.4. The van der Waals surface area contributed by atoms with Crippen LogP contribution in [0, 0.1) is 0 Å². The third-order valence-corrected chi connectivity index (χ3v) is 11.4. The molecular weight excluding hydrogens is 753 g/mol. The largest absolute Gasteiger partial charge is 0.463 e. The summed E-state index contributed by atoms with van der Waals surface area (Å²) in [5, 5.41) is 0. The first kappa shape index (κ1) is 55.4. The molecule has 60 heavy (non-hydrogen) atoms. The van der Waals surface area contributed by atoms with Crippen molar-refractivity contribution >= 4 is 23.5 Å². The number of hydrogen-bond donors (Lipinski definition) is 0. The highest BCUT2D eigenvalue weighted by Gasteiger charge is 2.38. The van der Waals surface area contributed by atoms with Crippen LogP contribution in [0.3, 0.4) is 0 Å². The summed E-state index contributed by atoms with van der Waals surface area (Å²) in [5.41, 5.74) is 0.885. The molecule has 0 heterocycles. The van der Waals surface area contributed by atoms with Crippen LogP contribution in [0.2, 0.25) is 0 Å². The number of Topliss-reactive ketones (excluding diaryl/α,β-unsaturated/α-hetero) is 2. The molecule has 1 aromatic carbocycles. The quantitative estimate of drug-likeness (QED) is 0.0277. The molecule has 346 valence electrons. The van der Waals surface area contributed by atoms with E-state index in [1.807, 2.05) is 6.07 Å². The number of ketones is 2. The van der Waals surface area contributed by atoms with Crippen LogP contribution in [0.1, 0.15) is 254 Å². The summed E-state index contributed by atoms with van der Waals surface area (Å²) < 4.78 is 23.7. The van der Waals surface area contributed by atoms with Gasteiger partial charge in [0.15, 0.2) is 0 Å². The number of carbonyl (C=O) groups excluding carboxylic acids is 4. The summed E-state index contributed by atoms with van der Waals surface area (Å²) in [7, 11) is 0. The molecule has 1 aromatic rings. The Balaban J connectivity index is 3.49. The SMILES string of the molecule is CCCCCCCCOC(=O)C(OCCCCCCCC)C(=O)c1cccc(CCCCCCCC)c1C(=O)C(OCCCCCCCC)C(=O)OCCCCCCCC. The molecule has 1 rings (SSSR count). The molecule has 0 aliphatic rings. The highest BCUT2D eigenvalue weighted by atomic mass is 16.6. The van der Waals surface area contributed by atoms with E-state index in [9.17, 15) is 19.2 Å². The third-order valence-electron chi connectivity index (χ3n) is 11.4. The van der Waals surface area contributed by atoms with Crippen molar-refractivity contribution in [2.45, 2.75) is 246 Å². The molecule has 0 radical (unpaired) electrons. The zero-order valence-electron chi connectivity index (χ0n) is 39.4. The lowest BCUT2D eigenvalue weighted by Gasteiger charge is -2.22. The predicted octanol–water partition coefficient (Wildman–Crippen LogP) is 14.3. The maximum atomic E-state index is 14.9. The minimum absolute atomic E-state index is 0.0739. The Labute approximate surface area is 367 Å². The fourth-order valence-corrected chi connectivity index (χ4v) is 7.60. The van der Waals surface area contributed by atoms with E-state index in [-0.39, 0.29) is 37.6 Å². The molecule has 0 amide bonds. The van der Waals surface area contributed by atoms with Gasteiger partial charge >= 0.3 is 11.9 Å². The van der Waals surface area contributed by atoms with E-state index in [1.54, 1.807) is 12.1 Å². The molecular formula is C52H90O8. The zero-order valence-corrected chi connectivity index (χ0v) is 39.4. The summed E-state index contributed by atoms with van der Waals surface area (Å²) in [6, 6.07) is 5.23. The molecule has 0 saturated carbocycles. The Bertz CT molecular complexity index is 1230. The van der Waals surface area contributed by atoms with Crippen molar-refractivity contribution in [2.75, 3.05) is 26.4 Å². The average molecular weight is 843 g/mol. The summed E-state index contributed by atoms with van der Waals surface area (Å²) in [6.45, 7) is 11.8. The Kier molecular flexibility index (Phi) is 36.3. The van der Waals surface area contributed by atoms with Gasteiger partial charge < -0.3 is 18.9 Å². The number of benzene rings is 1. The van der Waals surface area contributed by atoms with E-state index in [4.69, 9.17) is 18.9 Å². The Morgan fingerprint density at radius 1 is 0.400 bits per heavy atom. The Hall–Kier alpha value is -2.58. The van der Waals surface area contributed by atoms with Crippen LogP contribution in [-0.4, -0.2) is 62.1 Å². The number of esters is 2. The van der Waals surface area contributed by atoms with Crippen LogP contribution in [-0.2, 0) is 35.0 Å². The molecule has 0 bridgehead atoms. The molecule has 0 aromatic heterocycles. The first-order valence-corrected chi connectivity index (χ1v) is 25.1. The standard InChI is InChI=1S/C52H90O8/c1-6-11-16-21-26-31-37-44-38-36-39-45(47(53)49(57-40-32-27-22-17-12-7-2)51(55)59-42-34-29-24-19-14-9-4)46(44)48(54)50(58-41-33-28-23-18-13-8-3)52(56)60-43-35-30-25-20-15-10-5/h36,38-39,49-50H,6-35,37,40-43H2,1-5H3. The zero-order chi connectivity index (χ0) is 43.9. The number of hydrogen-bond acceptors (Lipinski definition) is 8. The highest BCUT2D eigenvalue weighted by Crippen LogP contribution is 2.25. The second kappa shape index (κ2) is 39.3. The van der Waals surface area contributed by atoms with Gasteiger partial charge in [0.05, 0.1) is 13.2 Å². The number of carbonyl (C=O) groups is 4. The van der Waals surface area contributed by atoms with E-state index in [2.05, 4.69) is 34.6 Å². The maximum absolute atomic E-state index is 14.9. The maximum Gasteiger partial charge on any atom is 0.343 e. The summed E-state index contributed by atoms with van der Waals surface area (Å²) in [6.07, 6.45) is 28.7. The lowest BCUT2D eigenvalue weighted by Crippen LogP contribution is -2.39. The van der Waals surface area contributed by atoms with Gasteiger partial charge in [0.1, 0.15) is 0 Å². The van der Waals surface area contributed by atoms with Crippen molar-refractivity contribution in [3.8, 4) is 0 Å². The molecule has 2 atom stereocenters. The van der Waals surface area contributed by atoms with Crippen LogP contribution in [0.25, 0.3) is 0 Å². The summed E-state index contributed by atoms with van der Waals surface area (Å²) >= 11 is 0. The van der Waals surface area contributed by atoms with Crippen LogP contribution < -0.4 is 0 Å². The molecule has 0 aliphatic heterocycles. The molecule has 8 heteroatoms. The van der Waals surface area contributed by atoms with Crippen molar-refractivity contribution in [2.24, 2.45) is 0 Å². The van der Waals surface area contributed by atoms with Crippen LogP contribution >= 0.6 is 0 Å². The van der Waals surface area contributed by atoms with Gasteiger partial charge in [0.25, 0.3) is 0 Å². The topological polar surface area (TPSA) is 105 Å². The summed E-state index contributed by atoms with van der Waals surface area (Å²) in [5.74, 6) is -2.65. The van der Waals surface area contributed by atoms with Gasteiger partial charge in [0.2, 0.25) is 23.8 Å². The molecule has 0 saturated heterocycles. The van der Waals surface area contributed by atoms with Crippen LogP contribution in [0.5, 0.6) is 0 Å². The lowest BCUT2D eigenvalue weighted by molar-refractivity contribution is -0.155. The lowest BCUT2D eigenvalue weighted by atomic mass is 9.88. The minimum atomic E-state index is -1.52. The first-order valence-electron chi connectivity index (χ1n) is 25.1. The average Bonchev–Trinajstić information content (AvgIpc) is 3.25. The molecule has 0 fully saturated rings. The summed E-state index contributed by atoms with van der Waals surface area (Å²) in [4.78, 5) is 57.2. The van der Waals surface area contributed by atoms with E-state index < -0.39 is 35.7 Å². The van der Waals surface area contributed by atoms with Crippen molar-refractivity contribution in [3.63, 3.8) is 0 Å². The normalized spacial score (nSPS) is 12.3. The van der Waals surface area contributed by atoms with Crippen molar-refractivity contribution < 1.29 is 38.1 Å². The van der Waals surface area contributed by atoms with Gasteiger partial charge in [-0.05, 0) is 44.1 Å². The number of rotatable bonds is 43. The van der Waals surface area contributed by atoms with Crippen molar-refractivity contribution in [1.82, 2.24) is 0 Å². The van der Waals surface area contributed by atoms with E-state index in [0.29, 0.717) is 37.7 Å². The molecule has 2 unspecified atom stereocenters. The molecule has 0 N–H and O–H groups in total. The number of unbranched alkanes of at least 4 members (excludes halogenated alkanes) is 25. The Morgan fingerprint density at radius 3 is 1.13 bits per heavy atom. The van der Waals surface area contributed by atoms with Gasteiger partial charge in [-0.25, -0.2) is 9.59 Å². The van der Waals surface area contributed by atoms with Gasteiger partial charge in [-0.1, -0.05) is 213 Å². The van der Waals surface area contributed by atoms with Crippen molar-refractivity contribution in [1.29, 1.82) is 0 Å².